The van der Waals surface area contributed by atoms with Gasteiger partial charge in [0.1, 0.15) is 5.56 Å². The van der Waals surface area contributed by atoms with Crippen LogP contribution in [0.25, 0.3) is 6.08 Å². The molecule has 0 radical (unpaired) electrons. The van der Waals surface area contributed by atoms with E-state index >= 15 is 0 Å². The first-order chi connectivity index (χ1) is 17.1. The first kappa shape index (κ1) is 25.4. The van der Waals surface area contributed by atoms with E-state index in [4.69, 9.17) is 0 Å². The van der Waals surface area contributed by atoms with Gasteiger partial charge >= 0.3 is 0 Å². The molecule has 2 aliphatic heterocycles. The SMILES string of the molecule is CCc1c(C(=O)N2CCN(C/C=C/c3ccccc3)CC2)c(=O)cc(C)n1CCN1CCCCC1. The van der Waals surface area contributed by atoms with E-state index < -0.39 is 0 Å². The number of nitrogens with zero attached hydrogens (tertiary/aromatic N) is 4. The van der Waals surface area contributed by atoms with Gasteiger partial charge in [-0.15, -0.1) is 0 Å². The minimum absolute atomic E-state index is 0.0990. The van der Waals surface area contributed by atoms with Crippen LogP contribution < -0.4 is 5.43 Å². The lowest BCUT2D eigenvalue weighted by Gasteiger charge is -2.34. The van der Waals surface area contributed by atoms with Crippen LogP contribution in [0.15, 0.2) is 47.3 Å². The molecule has 2 aromatic rings. The molecule has 2 fully saturated rings. The number of hydrogen-bond donors (Lipinski definition) is 0. The van der Waals surface area contributed by atoms with Gasteiger partial charge in [0.2, 0.25) is 0 Å². The van der Waals surface area contributed by atoms with Crippen molar-refractivity contribution in [3.05, 3.63) is 75.2 Å². The number of aromatic nitrogens is 1. The van der Waals surface area contributed by atoms with E-state index in [-0.39, 0.29) is 11.3 Å². The average Bonchev–Trinajstić information content (AvgIpc) is 2.89. The topological polar surface area (TPSA) is 48.8 Å². The van der Waals surface area contributed by atoms with E-state index in [0.29, 0.717) is 25.1 Å². The summed E-state index contributed by atoms with van der Waals surface area (Å²) in [4.78, 5) is 33.3. The van der Waals surface area contributed by atoms with Crippen LogP contribution in [0.3, 0.4) is 0 Å². The molecule has 2 saturated heterocycles. The molecule has 3 heterocycles. The van der Waals surface area contributed by atoms with Crippen LogP contribution in [-0.4, -0.2) is 77.5 Å². The van der Waals surface area contributed by atoms with Crippen molar-refractivity contribution < 1.29 is 4.79 Å². The summed E-state index contributed by atoms with van der Waals surface area (Å²) in [5, 5.41) is 0. The van der Waals surface area contributed by atoms with Crippen LogP contribution >= 0.6 is 0 Å². The minimum atomic E-state index is -0.133. The van der Waals surface area contributed by atoms with Gasteiger partial charge in [0, 0.05) is 63.3 Å². The Balaban J connectivity index is 1.40. The van der Waals surface area contributed by atoms with Gasteiger partial charge in [-0.2, -0.15) is 0 Å². The molecule has 2 aliphatic rings. The van der Waals surface area contributed by atoms with E-state index in [9.17, 15) is 9.59 Å². The maximum Gasteiger partial charge on any atom is 0.259 e. The molecule has 4 rings (SSSR count). The summed E-state index contributed by atoms with van der Waals surface area (Å²) in [6.07, 6.45) is 8.86. The summed E-state index contributed by atoms with van der Waals surface area (Å²) >= 11 is 0. The summed E-state index contributed by atoms with van der Waals surface area (Å²) in [5.74, 6) is -0.0990. The van der Waals surface area contributed by atoms with E-state index in [1.54, 1.807) is 6.07 Å². The Kier molecular flexibility index (Phi) is 8.94. The molecule has 0 N–H and O–H groups in total. The molecule has 6 heteroatoms. The third-order valence-electron chi connectivity index (χ3n) is 7.40. The van der Waals surface area contributed by atoms with Crippen molar-refractivity contribution in [2.24, 2.45) is 0 Å². The number of piperazine rings is 1. The zero-order valence-corrected chi connectivity index (χ0v) is 21.4. The molecule has 0 bridgehead atoms. The number of carbonyl (C=O) groups excluding carboxylic acids is 1. The third-order valence-corrected chi connectivity index (χ3v) is 7.40. The van der Waals surface area contributed by atoms with Gasteiger partial charge in [-0.05, 0) is 44.8 Å². The Hall–Kier alpha value is -2.70. The van der Waals surface area contributed by atoms with Gasteiger partial charge in [-0.25, -0.2) is 0 Å². The Bertz CT molecular complexity index is 1060. The van der Waals surface area contributed by atoms with Crippen LogP contribution in [0.1, 0.15) is 53.5 Å². The smallest absolute Gasteiger partial charge is 0.259 e. The lowest BCUT2D eigenvalue weighted by atomic mass is 10.1. The molecule has 0 unspecified atom stereocenters. The number of pyridine rings is 1. The normalized spacial score (nSPS) is 17.8. The van der Waals surface area contributed by atoms with Gasteiger partial charge in [0.05, 0.1) is 0 Å². The van der Waals surface area contributed by atoms with Crippen molar-refractivity contribution in [1.82, 2.24) is 19.3 Å². The number of hydrogen-bond acceptors (Lipinski definition) is 4. The fraction of sp³-hybridized carbons (Fsp3) is 0.517. The van der Waals surface area contributed by atoms with Crippen molar-refractivity contribution >= 4 is 12.0 Å². The zero-order chi connectivity index (χ0) is 24.6. The fourth-order valence-electron chi connectivity index (χ4n) is 5.36. The van der Waals surface area contributed by atoms with Crippen molar-refractivity contribution in [2.75, 3.05) is 52.4 Å². The molecule has 0 saturated carbocycles. The van der Waals surface area contributed by atoms with E-state index in [1.807, 2.05) is 30.0 Å². The van der Waals surface area contributed by atoms with E-state index in [2.05, 4.69) is 45.6 Å². The largest absolute Gasteiger partial charge is 0.347 e. The molecular formula is C29H40N4O2. The molecule has 6 nitrogen and oxygen atoms in total. The molecular weight excluding hydrogens is 436 g/mol. The Morgan fingerprint density at radius 1 is 0.914 bits per heavy atom. The predicted octanol–water partition coefficient (Wildman–Crippen LogP) is 3.68. The third kappa shape index (κ3) is 6.50. The highest BCUT2D eigenvalue weighted by Crippen LogP contribution is 2.16. The first-order valence-corrected chi connectivity index (χ1v) is 13.3. The minimum Gasteiger partial charge on any atom is -0.347 e. The van der Waals surface area contributed by atoms with Crippen LogP contribution in [0.2, 0.25) is 0 Å². The van der Waals surface area contributed by atoms with Crippen LogP contribution in [0, 0.1) is 6.92 Å². The Morgan fingerprint density at radius 2 is 1.63 bits per heavy atom. The quantitative estimate of drug-likeness (QED) is 0.583. The molecule has 0 atom stereocenters. The van der Waals surface area contributed by atoms with Crippen molar-refractivity contribution in [2.45, 2.75) is 46.1 Å². The van der Waals surface area contributed by atoms with E-state index in [1.165, 1.54) is 24.8 Å². The first-order valence-electron chi connectivity index (χ1n) is 13.3. The van der Waals surface area contributed by atoms with Gasteiger partial charge in [0.25, 0.3) is 5.91 Å². The van der Waals surface area contributed by atoms with Crippen LogP contribution in [0.5, 0.6) is 0 Å². The summed E-state index contributed by atoms with van der Waals surface area (Å²) in [5.41, 5.74) is 3.30. The van der Waals surface area contributed by atoms with Crippen LogP contribution in [0.4, 0.5) is 0 Å². The summed E-state index contributed by atoms with van der Waals surface area (Å²) in [7, 11) is 0. The number of aryl methyl sites for hydroxylation is 1. The lowest BCUT2D eigenvalue weighted by molar-refractivity contribution is 0.0646. The number of amides is 1. The second-order valence-electron chi connectivity index (χ2n) is 9.79. The maximum atomic E-state index is 13.5. The fourth-order valence-corrected chi connectivity index (χ4v) is 5.36. The van der Waals surface area contributed by atoms with Crippen LogP contribution in [-0.2, 0) is 13.0 Å². The maximum absolute atomic E-state index is 13.5. The number of piperidine rings is 1. The molecule has 1 aromatic carbocycles. The Labute approximate surface area is 209 Å². The molecule has 0 aliphatic carbocycles. The highest BCUT2D eigenvalue weighted by molar-refractivity contribution is 5.95. The lowest BCUT2D eigenvalue weighted by Crippen LogP contribution is -2.49. The molecule has 35 heavy (non-hydrogen) atoms. The van der Waals surface area contributed by atoms with Gasteiger partial charge in [-0.1, -0.05) is 55.8 Å². The Morgan fingerprint density at radius 3 is 2.31 bits per heavy atom. The second kappa shape index (κ2) is 12.3. The standard InChI is InChI=1S/C29H40N4O2/c1-3-26-28(27(34)23-24(2)33(26)22-19-30-14-8-5-9-15-30)29(35)32-20-17-31(18-21-32)16-10-13-25-11-6-4-7-12-25/h4,6-7,10-13,23H,3,5,8-9,14-22H2,1-2H3/b13-10+. The van der Waals surface area contributed by atoms with Crippen molar-refractivity contribution in [3.63, 3.8) is 0 Å². The molecule has 0 spiro atoms. The zero-order valence-electron chi connectivity index (χ0n) is 21.4. The van der Waals surface area contributed by atoms with Crippen molar-refractivity contribution in [3.8, 4) is 0 Å². The monoisotopic (exact) mass is 476 g/mol. The second-order valence-corrected chi connectivity index (χ2v) is 9.79. The van der Waals surface area contributed by atoms with Gasteiger partial charge < -0.3 is 14.4 Å². The number of likely N-dealkylation sites (tertiary alicyclic amines) is 1. The number of carbonyl (C=O) groups is 1. The molecule has 1 aromatic heterocycles. The summed E-state index contributed by atoms with van der Waals surface area (Å²) < 4.78 is 2.22. The predicted molar refractivity (Wildman–Crippen MR) is 143 cm³/mol. The number of benzene rings is 1. The van der Waals surface area contributed by atoms with E-state index in [0.717, 1.165) is 57.2 Å². The highest BCUT2D eigenvalue weighted by atomic mass is 16.2. The van der Waals surface area contributed by atoms with Gasteiger partial charge in [0.15, 0.2) is 5.43 Å². The number of rotatable bonds is 8. The average molecular weight is 477 g/mol. The summed E-state index contributed by atoms with van der Waals surface area (Å²) in [6.45, 7) is 12.0. The van der Waals surface area contributed by atoms with Gasteiger partial charge in [-0.3, -0.25) is 14.5 Å². The molecule has 188 valence electrons. The highest BCUT2D eigenvalue weighted by Gasteiger charge is 2.27. The molecule has 1 amide bonds. The summed E-state index contributed by atoms with van der Waals surface area (Å²) in [6, 6.07) is 12.0. The van der Waals surface area contributed by atoms with Crippen molar-refractivity contribution in [1.29, 1.82) is 0 Å².